The second-order valence-electron chi connectivity index (χ2n) is 8.25. The number of amides is 1. The first-order valence-electron chi connectivity index (χ1n) is 10.6. The monoisotopic (exact) mass is 475 g/mol. The van der Waals surface area contributed by atoms with Gasteiger partial charge >= 0.3 is 0 Å². The van der Waals surface area contributed by atoms with Crippen molar-refractivity contribution in [3.05, 3.63) is 65.3 Å². The Bertz CT molecular complexity index is 1250. The molecule has 1 fully saturated rings. The van der Waals surface area contributed by atoms with Crippen LogP contribution in [-0.4, -0.2) is 46.4 Å². The lowest BCUT2D eigenvalue weighted by Gasteiger charge is -2.32. The Labute approximate surface area is 191 Å². The van der Waals surface area contributed by atoms with Crippen molar-refractivity contribution in [1.82, 2.24) is 24.3 Å². The van der Waals surface area contributed by atoms with Crippen molar-refractivity contribution < 1.29 is 22.1 Å². The molecule has 3 aromatic rings. The summed E-state index contributed by atoms with van der Waals surface area (Å²) in [7, 11) is -2.06. The molecule has 1 aliphatic heterocycles. The van der Waals surface area contributed by atoms with E-state index in [2.05, 4.69) is 15.5 Å². The molecule has 0 saturated carbocycles. The molecule has 2 atom stereocenters. The maximum atomic E-state index is 13.9. The fourth-order valence-electron chi connectivity index (χ4n) is 4.25. The number of piperidine rings is 1. The Morgan fingerprint density at radius 1 is 1.33 bits per heavy atom. The number of rotatable bonds is 6. The quantitative estimate of drug-likeness (QED) is 0.587. The average Bonchev–Trinajstić information content (AvgIpc) is 3.36. The normalized spacial score (nSPS) is 18.2. The number of nitrogens with zero attached hydrogens (tertiary/aromatic N) is 4. The molecule has 11 heteroatoms. The Morgan fingerprint density at radius 3 is 2.76 bits per heavy atom. The number of aromatic nitrogens is 3. The number of halogens is 1. The van der Waals surface area contributed by atoms with Gasteiger partial charge in [-0.3, -0.25) is 4.79 Å². The fraction of sp³-hybridized carbons (Fsp3) is 0.409. The van der Waals surface area contributed by atoms with Gasteiger partial charge in [0.2, 0.25) is 15.9 Å². The van der Waals surface area contributed by atoms with E-state index in [-0.39, 0.29) is 23.1 Å². The minimum Gasteiger partial charge on any atom is -0.360 e. The van der Waals surface area contributed by atoms with Gasteiger partial charge in [-0.1, -0.05) is 17.3 Å². The molecule has 0 bridgehead atoms. The van der Waals surface area contributed by atoms with E-state index in [0.717, 1.165) is 0 Å². The number of hydrogen-bond acceptors (Lipinski definition) is 6. The van der Waals surface area contributed by atoms with Crippen molar-refractivity contribution in [3.63, 3.8) is 0 Å². The molecule has 33 heavy (non-hydrogen) atoms. The zero-order valence-corrected chi connectivity index (χ0v) is 19.5. The van der Waals surface area contributed by atoms with Gasteiger partial charge in [0.25, 0.3) is 0 Å². The molecule has 1 aliphatic rings. The first-order chi connectivity index (χ1) is 15.7. The molecule has 1 amide bonds. The van der Waals surface area contributed by atoms with Crippen LogP contribution in [0.5, 0.6) is 0 Å². The van der Waals surface area contributed by atoms with E-state index in [9.17, 15) is 17.6 Å². The van der Waals surface area contributed by atoms with Crippen LogP contribution in [0.15, 0.2) is 46.1 Å². The number of nitrogens with one attached hydrogen (secondary N) is 1. The summed E-state index contributed by atoms with van der Waals surface area (Å²) in [5.41, 5.74) is 0.841. The molecule has 0 radical (unpaired) electrons. The summed E-state index contributed by atoms with van der Waals surface area (Å²) in [6.45, 7) is 3.48. The van der Waals surface area contributed by atoms with Gasteiger partial charge in [-0.25, -0.2) is 17.8 Å². The number of sulfonamides is 1. The van der Waals surface area contributed by atoms with E-state index in [0.29, 0.717) is 36.5 Å². The Hall–Kier alpha value is -3.05. The van der Waals surface area contributed by atoms with Crippen LogP contribution in [0.25, 0.3) is 0 Å². The van der Waals surface area contributed by atoms with Crippen LogP contribution >= 0.6 is 0 Å². The predicted octanol–water partition coefficient (Wildman–Crippen LogP) is 2.47. The van der Waals surface area contributed by atoms with Crippen molar-refractivity contribution in [1.29, 1.82) is 0 Å². The van der Waals surface area contributed by atoms with Crippen LogP contribution in [0, 0.1) is 25.6 Å². The topological polar surface area (TPSA) is 110 Å². The largest absolute Gasteiger partial charge is 0.360 e. The number of aryl methyl sites for hydroxylation is 3. The third-order valence-corrected chi connectivity index (χ3v) is 8.02. The van der Waals surface area contributed by atoms with E-state index < -0.39 is 27.8 Å². The van der Waals surface area contributed by atoms with E-state index in [1.807, 2.05) is 0 Å². The van der Waals surface area contributed by atoms with Crippen LogP contribution < -0.4 is 5.32 Å². The van der Waals surface area contributed by atoms with Gasteiger partial charge in [0.05, 0.1) is 5.92 Å². The van der Waals surface area contributed by atoms with Gasteiger partial charge in [0.1, 0.15) is 28.3 Å². The van der Waals surface area contributed by atoms with E-state index in [1.165, 1.54) is 16.4 Å². The van der Waals surface area contributed by atoms with Gasteiger partial charge in [-0.15, -0.1) is 0 Å². The molecule has 3 heterocycles. The molecule has 0 aliphatic carbocycles. The molecule has 176 valence electrons. The van der Waals surface area contributed by atoms with Gasteiger partial charge in [-0.2, -0.15) is 4.31 Å². The summed E-state index contributed by atoms with van der Waals surface area (Å²) >= 11 is 0. The lowest BCUT2D eigenvalue weighted by Crippen LogP contribution is -2.46. The van der Waals surface area contributed by atoms with E-state index in [4.69, 9.17) is 4.52 Å². The molecule has 1 saturated heterocycles. The number of imidazole rings is 1. The number of carbonyl (C=O) groups is 1. The van der Waals surface area contributed by atoms with Crippen molar-refractivity contribution in [2.45, 2.75) is 37.6 Å². The SMILES string of the molecule is Cc1noc(C)c1S(=O)(=O)N1CCCC(C(=O)NC(c2cccc(F)c2)c2nccn2C)C1. The summed E-state index contributed by atoms with van der Waals surface area (Å²) in [6, 6.07) is 5.31. The molecule has 1 N–H and O–H groups in total. The molecular formula is C22H26FN5O4S. The zero-order chi connectivity index (χ0) is 23.8. The standard InChI is InChI=1S/C22H26FN5O4S/c1-14-20(15(2)32-26-14)33(30,31)28-10-5-7-17(13-28)22(29)25-19(21-24-9-11-27(21)3)16-6-4-8-18(23)12-16/h4,6,8-9,11-12,17,19H,5,7,10,13H2,1-3H3,(H,25,29). The van der Waals surface area contributed by atoms with Crippen molar-refractivity contribution in [2.75, 3.05) is 13.1 Å². The maximum absolute atomic E-state index is 13.9. The van der Waals surface area contributed by atoms with E-state index >= 15 is 0 Å². The Morgan fingerprint density at radius 2 is 2.12 bits per heavy atom. The molecule has 2 aromatic heterocycles. The number of hydrogen-bond donors (Lipinski definition) is 1. The van der Waals surface area contributed by atoms with Crippen LogP contribution in [-0.2, 0) is 21.9 Å². The highest BCUT2D eigenvalue weighted by Gasteiger charge is 2.37. The number of benzene rings is 1. The molecular weight excluding hydrogens is 449 g/mol. The van der Waals surface area contributed by atoms with Crippen molar-refractivity contribution in [2.24, 2.45) is 13.0 Å². The zero-order valence-electron chi connectivity index (χ0n) is 18.7. The third-order valence-electron chi connectivity index (χ3n) is 5.91. The van der Waals surface area contributed by atoms with Gasteiger partial charge in [0.15, 0.2) is 5.76 Å². The maximum Gasteiger partial charge on any atom is 0.248 e. The second-order valence-corrected chi connectivity index (χ2v) is 10.1. The summed E-state index contributed by atoms with van der Waals surface area (Å²) in [5, 5.41) is 6.71. The minimum absolute atomic E-state index is 0.0364. The highest BCUT2D eigenvalue weighted by atomic mass is 32.2. The molecule has 0 spiro atoms. The van der Waals surface area contributed by atoms with E-state index in [1.54, 1.807) is 50.0 Å². The lowest BCUT2D eigenvalue weighted by molar-refractivity contribution is -0.126. The molecule has 2 unspecified atom stereocenters. The molecule has 1 aromatic carbocycles. The molecule has 9 nitrogen and oxygen atoms in total. The fourth-order valence-corrected chi connectivity index (χ4v) is 6.06. The van der Waals surface area contributed by atoms with Gasteiger partial charge in [0, 0.05) is 32.5 Å². The summed E-state index contributed by atoms with van der Waals surface area (Å²) < 4.78 is 48.4. The summed E-state index contributed by atoms with van der Waals surface area (Å²) in [4.78, 5) is 17.7. The van der Waals surface area contributed by atoms with Crippen molar-refractivity contribution >= 4 is 15.9 Å². The number of carbonyl (C=O) groups excluding carboxylic acids is 1. The lowest BCUT2D eigenvalue weighted by atomic mass is 9.97. The smallest absolute Gasteiger partial charge is 0.248 e. The molecule has 4 rings (SSSR count). The van der Waals surface area contributed by atoms with Gasteiger partial charge in [-0.05, 0) is 44.4 Å². The van der Waals surface area contributed by atoms with Crippen LogP contribution in [0.1, 0.15) is 41.7 Å². The first-order valence-corrected chi connectivity index (χ1v) is 12.1. The second kappa shape index (κ2) is 9.06. The van der Waals surface area contributed by atoms with Crippen LogP contribution in [0.4, 0.5) is 4.39 Å². The predicted molar refractivity (Wildman–Crippen MR) is 117 cm³/mol. The highest BCUT2D eigenvalue weighted by molar-refractivity contribution is 7.89. The highest BCUT2D eigenvalue weighted by Crippen LogP contribution is 2.29. The van der Waals surface area contributed by atoms with Gasteiger partial charge < -0.3 is 14.4 Å². The van der Waals surface area contributed by atoms with Crippen molar-refractivity contribution in [3.8, 4) is 0 Å². The Balaban J connectivity index is 1.57. The third kappa shape index (κ3) is 4.55. The van der Waals surface area contributed by atoms with Crippen LogP contribution in [0.2, 0.25) is 0 Å². The summed E-state index contributed by atoms with van der Waals surface area (Å²) in [5.74, 6) is -0.531. The average molecular weight is 476 g/mol. The Kier molecular flexibility index (Phi) is 6.35. The minimum atomic E-state index is -3.85. The summed E-state index contributed by atoms with van der Waals surface area (Å²) in [6.07, 6.45) is 4.42. The first kappa shape index (κ1) is 23.1. The van der Waals surface area contributed by atoms with Crippen LogP contribution in [0.3, 0.4) is 0 Å².